The number of para-hydroxylation sites is 2. The Bertz CT molecular complexity index is 5890. The summed E-state index contributed by atoms with van der Waals surface area (Å²) in [6.45, 7) is 11.8. The van der Waals surface area contributed by atoms with Gasteiger partial charge in [0.15, 0.2) is 27.4 Å². The van der Waals surface area contributed by atoms with Crippen molar-refractivity contribution >= 4 is 246 Å². The van der Waals surface area contributed by atoms with Gasteiger partial charge in [-0.15, -0.1) is 138 Å². The van der Waals surface area contributed by atoms with Crippen LogP contribution in [0.4, 0.5) is 0 Å². The number of hydrogen-bond acceptors (Lipinski definition) is 33. The number of nitrogens with zero attached hydrogens (tertiary/aromatic N) is 12. The van der Waals surface area contributed by atoms with Gasteiger partial charge in [-0.1, -0.05) is 59.2 Å². The number of aryl methyl sites for hydroxylation is 6. The number of aliphatic hydroxyl groups is 1. The van der Waals surface area contributed by atoms with Gasteiger partial charge < -0.3 is 29.1 Å². The maximum atomic E-state index is 11.4. The zero-order valence-electron chi connectivity index (χ0n) is 66.3. The van der Waals surface area contributed by atoms with E-state index >= 15 is 0 Å². The van der Waals surface area contributed by atoms with Crippen LogP contribution in [-0.4, -0.2) is 155 Å². The number of esters is 1. The van der Waals surface area contributed by atoms with Gasteiger partial charge in [-0.25, -0.2) is 15.4 Å². The van der Waals surface area contributed by atoms with Gasteiger partial charge in [0.25, 0.3) is 23.6 Å². The number of benzene rings is 2. The van der Waals surface area contributed by atoms with Crippen LogP contribution in [0.25, 0.3) is 55.7 Å². The third kappa shape index (κ3) is 43.0. The highest BCUT2D eigenvalue weighted by Gasteiger charge is 2.21. The van der Waals surface area contributed by atoms with Crippen molar-refractivity contribution in [3.05, 3.63) is 251 Å². The molecular weight excluding hydrogens is 2030 g/mol. The molecule has 0 unspecified atom stereocenters. The second kappa shape index (κ2) is 59.4. The predicted molar refractivity (Wildman–Crippen MR) is 508 cm³/mol. The van der Waals surface area contributed by atoms with E-state index in [9.17, 15) is 33.3 Å². The number of aromatic nitrogens is 12. The number of ketones is 1. The van der Waals surface area contributed by atoms with Crippen molar-refractivity contribution in [2.75, 3.05) is 32.5 Å². The zero-order chi connectivity index (χ0) is 94.2. The van der Waals surface area contributed by atoms with Crippen LogP contribution in [0.3, 0.4) is 0 Å². The van der Waals surface area contributed by atoms with Crippen LogP contribution in [0.15, 0.2) is 190 Å². The van der Waals surface area contributed by atoms with Crippen molar-refractivity contribution < 1.29 is 77.5 Å². The number of pyridine rings is 2. The highest BCUT2D eigenvalue weighted by atomic mass is 36.0. The average Bonchev–Trinajstić information content (AvgIpc) is 1.64. The first kappa shape index (κ1) is 111. The quantitative estimate of drug-likeness (QED) is 0.00329. The van der Waals surface area contributed by atoms with Gasteiger partial charge in [0.1, 0.15) is 15.6 Å². The van der Waals surface area contributed by atoms with Gasteiger partial charge in [-0.2, -0.15) is 13.5 Å². The predicted octanol–water partition coefficient (Wildman–Crippen LogP) is 20.9. The van der Waals surface area contributed by atoms with Crippen LogP contribution in [0.5, 0.6) is 0 Å². The number of rotatable bonds is 18. The second-order valence-electron chi connectivity index (χ2n) is 22.7. The minimum atomic E-state index is -4.67. The number of halogens is 9. The number of carboxylic acid groups (broad SMARTS) is 1. The van der Waals surface area contributed by atoms with Gasteiger partial charge in [-0.05, 0) is 220 Å². The first-order valence-corrected chi connectivity index (χ1v) is 49.0. The van der Waals surface area contributed by atoms with Crippen LogP contribution in [0, 0.1) is 51.2 Å². The summed E-state index contributed by atoms with van der Waals surface area (Å²) >= 11 is 62.5. The number of hydrogen-bond donors (Lipinski definition) is 9. The Morgan fingerprint density at radius 1 is 0.595 bits per heavy atom. The molecule has 678 valence electrons. The molecule has 0 aliphatic rings. The second-order valence-corrected chi connectivity index (χ2v) is 41.3. The van der Waals surface area contributed by atoms with E-state index < -0.39 is 26.8 Å². The monoisotopic (exact) mass is 2100 g/mol. The number of alkyl halides is 3. The number of amides is 2. The lowest BCUT2D eigenvalue weighted by Crippen LogP contribution is -2.29. The Kier molecular flexibility index (Phi) is 52.6. The van der Waals surface area contributed by atoms with Gasteiger partial charge in [0.2, 0.25) is 17.0 Å². The minimum absolute atomic E-state index is 0. The Hall–Kier alpha value is -8.68. The van der Waals surface area contributed by atoms with E-state index in [-0.39, 0.29) is 50.6 Å². The fraction of sp³-hybridized carbons (Fsp3) is 0.178. The molecule has 2 amide bonds. The molecular formula is C73H77Cl9N17O17PS9. The standard InChI is InChI=1S/C21H15ClN6OS2.C13H9ClN4S.C9H10ClNO2S.C8H7ClN2OS.C7H8O2S.C6H8N2OS.C6H6O2S.C2H2Cl2O.CH4O.Cl3OP.H2N2O.H2O4S.2H2/c1-13-6-7-17(31-13)20-26-24-18(29-20)12-30-21-27-25-19(14-8-10-23-11-9-14)28(21)16-5-3-2-4-15(16)22;14-10-3-1-2-4-11(10)18-12(16-17-13(18)19)9-5-7-15-8-6-9;1-6-2-3-8(14-6)9(13)11-5-7(12)4-10;1-5-2-3-6(13-5)8-11-10-7(4-9)12-8;1-5-3-4-6(10-5)7(8)9-2;1-4-2-3-5(10-4)6(9)8-7;1-4-2-3-5(9-4)6(7)8;3-1-2(4)5;1-2;1-5(2,3)4;1-2-3;1-5(2,3)4;;/h2-11H,12H2,1H3;1-8H,(H,17,19);2-3H,4-5H2,1H3,(H,11,13);2-3H,4H2,1H3;3-4H,1-2H3;2-3H,7H2,1H3,(H,8,9);2-3H,1H3,(H,7,8);1H2;2H,1H3;;(H2,1,3);(H2,1,2,3,4);2*1H. The average molecular weight is 2100 g/mol. The molecule has 0 saturated heterocycles. The molecule has 0 aliphatic heterocycles. The number of methoxy groups -OCH3 is 1. The van der Waals surface area contributed by atoms with Crippen molar-refractivity contribution in [3.63, 3.8) is 0 Å². The lowest BCUT2D eigenvalue weighted by molar-refractivity contribution is -0.115. The number of thioether (sulfide) groups is 1. The highest BCUT2D eigenvalue weighted by molar-refractivity contribution is 8.24. The van der Waals surface area contributed by atoms with E-state index in [0.717, 1.165) is 58.9 Å². The number of aromatic amines is 1. The van der Waals surface area contributed by atoms with Gasteiger partial charge in [0, 0.05) is 80.4 Å². The number of carbonyl (C=O) groups excluding carboxylic acids is 5. The Labute approximate surface area is 800 Å². The number of aliphatic hydroxyl groups excluding tert-OH is 1. The molecule has 53 heteroatoms. The SMILES string of the molecule is CO.COC(=O)c1ccc(C)s1.Cc1ccc(-c2nnc(CCl)o2)s1.Cc1ccc(-c2nnc(CSc3nnc(-c4ccncc4)n3-c3ccccc3Cl)o2)s1.Cc1ccc(C(=O)NCC(=O)CCl)s1.Cc1ccc(C(=O)NN)s1.Cc1ccc(C(=O)O)s1.NN=O.O=C(Cl)CCl.O=P(Cl)(Cl)Cl.O=S(=O)(O)O.S=c1[nH]nc(-c2ccncc2)n1-c1ccccc1Cl.[HH].[HH]. The number of aromatic carboxylic acids is 1. The Balaban J connectivity index is 0.000000745. The summed E-state index contributed by atoms with van der Waals surface area (Å²) in [5, 5.41) is 49.7. The lowest BCUT2D eigenvalue weighted by atomic mass is 10.2. The zero-order valence-corrected chi connectivity index (χ0v) is 81.4. The van der Waals surface area contributed by atoms with Crippen molar-refractivity contribution in [2.24, 2.45) is 17.0 Å². The first-order chi connectivity index (χ1) is 59.7. The molecule has 0 aliphatic carbocycles. The lowest BCUT2D eigenvalue weighted by Gasteiger charge is -2.11. The van der Waals surface area contributed by atoms with Crippen molar-refractivity contribution in [3.8, 4) is 55.7 Å². The molecule has 0 atom stereocenters. The fourth-order valence-electron chi connectivity index (χ4n) is 8.49. The van der Waals surface area contributed by atoms with E-state index in [4.69, 9.17) is 129 Å². The van der Waals surface area contributed by atoms with Crippen LogP contribution in [0.2, 0.25) is 10.0 Å². The molecule has 11 N–H and O–H groups in total. The molecule has 0 radical (unpaired) electrons. The molecule has 34 nitrogen and oxygen atoms in total. The number of H-pyrrole nitrogens is 1. The molecule has 14 rings (SSSR count). The van der Waals surface area contributed by atoms with E-state index in [2.05, 4.69) is 106 Å². The Morgan fingerprint density at radius 2 is 0.984 bits per heavy atom. The fourth-order valence-corrected chi connectivity index (χ4v) is 14.8. The number of carbonyl (C=O) groups is 6. The normalized spacial score (nSPS) is 10.1. The number of nitrogens with two attached hydrogens (primary N) is 2. The number of nitrogen functional groups attached to an aromatic ring is 1. The number of thiophene rings is 6. The number of carboxylic acids is 1. The highest BCUT2D eigenvalue weighted by Crippen LogP contribution is 2.61. The van der Waals surface area contributed by atoms with E-state index in [1.807, 2.05) is 166 Å². The molecule has 12 aromatic heterocycles. The van der Waals surface area contributed by atoms with Crippen LogP contribution >= 0.6 is 201 Å². The number of nitrogens with one attached hydrogen (secondary N) is 3. The molecule has 0 bridgehead atoms. The summed E-state index contributed by atoms with van der Waals surface area (Å²) in [6, 6.07) is 44.9. The Morgan fingerprint density at radius 3 is 1.35 bits per heavy atom. The number of nitroso groups, excluding NO2 is 1. The van der Waals surface area contributed by atoms with E-state index in [1.54, 1.807) is 83.1 Å². The minimum Gasteiger partial charge on any atom is -0.477 e. The smallest absolute Gasteiger partial charge is 0.394 e. The molecule has 14 aromatic rings. The van der Waals surface area contributed by atoms with Crippen molar-refractivity contribution in [2.45, 2.75) is 58.3 Å². The van der Waals surface area contributed by atoms with Crippen LogP contribution in [0.1, 0.15) is 82.6 Å². The molecule has 2 aromatic carbocycles. The van der Waals surface area contributed by atoms with E-state index in [1.165, 1.54) is 74.0 Å². The third-order valence-corrected chi connectivity index (χ3v) is 22.3. The number of ether oxygens (including phenoxy) is 1. The summed E-state index contributed by atoms with van der Waals surface area (Å²) in [7, 11) is -2.28. The maximum absolute atomic E-state index is 11.4. The molecule has 0 saturated carbocycles. The maximum Gasteiger partial charge on any atom is 0.394 e. The van der Waals surface area contributed by atoms with E-state index in [0.29, 0.717) is 80.4 Å². The summed E-state index contributed by atoms with van der Waals surface area (Å²) in [4.78, 5) is 90.9. The first-order valence-electron chi connectivity index (χ1n) is 34.2. The van der Waals surface area contributed by atoms with Crippen molar-refractivity contribution in [1.29, 1.82) is 0 Å². The summed E-state index contributed by atoms with van der Waals surface area (Å²) < 4.78 is 61.0. The van der Waals surface area contributed by atoms with Crippen molar-refractivity contribution in [1.82, 2.24) is 70.6 Å². The summed E-state index contributed by atoms with van der Waals surface area (Å²) in [5.41, 5.74) is 5.47. The third-order valence-electron chi connectivity index (χ3n) is 13.5. The van der Waals surface area contributed by atoms with Crippen LogP contribution in [-0.2, 0) is 40.9 Å². The number of hydrazine groups is 1. The molecule has 12 heterocycles. The summed E-state index contributed by atoms with van der Waals surface area (Å²) in [5.74, 6) is 11.1. The number of Topliss-reactive ketones (excluding diaryl/α,β-unsaturated/α-hetero) is 1. The molecule has 126 heavy (non-hydrogen) atoms. The molecule has 0 fully saturated rings. The van der Waals surface area contributed by atoms with Gasteiger partial charge in [-0.3, -0.25) is 68.3 Å². The molecule has 0 spiro atoms. The topological polar surface area (TPSA) is 517 Å². The summed E-state index contributed by atoms with van der Waals surface area (Å²) in [6.07, 6.45) is 6.87. The largest absolute Gasteiger partial charge is 0.477 e. The van der Waals surface area contributed by atoms with Gasteiger partial charge >= 0.3 is 27.5 Å². The van der Waals surface area contributed by atoms with Crippen LogP contribution < -0.4 is 22.4 Å². The van der Waals surface area contributed by atoms with Gasteiger partial charge in [0.05, 0.1) is 72.1 Å².